The summed E-state index contributed by atoms with van der Waals surface area (Å²) in [5, 5.41) is 7.36. The average Bonchev–Trinajstić information content (AvgIpc) is 2.66. The lowest BCUT2D eigenvalue weighted by Gasteiger charge is -2.13. The van der Waals surface area contributed by atoms with Crippen LogP contribution in [-0.4, -0.2) is 51.0 Å². The molecule has 2 aromatic carbocycles. The minimum Gasteiger partial charge on any atom is -0.356 e. The quantitative estimate of drug-likeness (QED) is 0.337. The molecular weight excluding hydrogens is 487 g/mol. The second-order valence-electron chi connectivity index (χ2n) is 6.46. The highest BCUT2D eigenvalue weighted by Gasteiger charge is 2.08. The molecule has 2 N–H and O–H groups in total. The van der Waals surface area contributed by atoms with Crippen LogP contribution in [0.25, 0.3) is 0 Å². The number of hydrogen-bond donors (Lipinski definition) is 2. The third-order valence-corrected chi connectivity index (χ3v) is 4.34. The molecule has 5 nitrogen and oxygen atoms in total. The molecule has 0 aromatic heterocycles. The van der Waals surface area contributed by atoms with E-state index in [1.54, 1.807) is 26.0 Å². The first kappa shape index (κ1) is 24.2. The van der Waals surface area contributed by atoms with E-state index < -0.39 is 0 Å². The van der Waals surface area contributed by atoms with Gasteiger partial charge in [-0.1, -0.05) is 35.9 Å². The number of guanidine groups is 1. The maximum absolute atomic E-state index is 12.1. The number of nitrogens with zero attached hydrogens (tertiary/aromatic N) is 2. The van der Waals surface area contributed by atoms with E-state index in [4.69, 9.17) is 11.6 Å². The predicted octanol–water partition coefficient (Wildman–Crippen LogP) is 3.61. The number of carbonyl (C=O) groups is 1. The summed E-state index contributed by atoms with van der Waals surface area (Å²) in [5.41, 5.74) is 3.01. The lowest BCUT2D eigenvalue weighted by atomic mass is 10.1. The number of rotatable bonds is 7. The number of aliphatic imine (C=N–C) groups is 1. The summed E-state index contributed by atoms with van der Waals surface area (Å²) in [6.45, 7) is 1.50. The highest BCUT2D eigenvalue weighted by molar-refractivity contribution is 14.0. The summed E-state index contributed by atoms with van der Waals surface area (Å²) in [7, 11) is 5.27. The van der Waals surface area contributed by atoms with Gasteiger partial charge >= 0.3 is 0 Å². The summed E-state index contributed by atoms with van der Waals surface area (Å²) in [4.78, 5) is 17.9. The van der Waals surface area contributed by atoms with Crippen molar-refractivity contribution in [3.05, 3.63) is 70.2 Å². The molecule has 0 atom stereocenters. The van der Waals surface area contributed by atoms with Gasteiger partial charge in [0.25, 0.3) is 5.91 Å². The molecule has 0 spiro atoms. The van der Waals surface area contributed by atoms with Gasteiger partial charge in [0.05, 0.1) is 0 Å². The number of amides is 1. The van der Waals surface area contributed by atoms with Crippen LogP contribution in [0, 0.1) is 0 Å². The predicted molar refractivity (Wildman–Crippen MR) is 128 cm³/mol. The molecule has 0 aliphatic carbocycles. The fourth-order valence-corrected chi connectivity index (χ4v) is 2.89. The maximum Gasteiger partial charge on any atom is 0.253 e. The minimum absolute atomic E-state index is 0. The number of hydrogen-bond acceptors (Lipinski definition) is 2. The Kier molecular flexibility index (Phi) is 10.9. The Hall–Kier alpha value is -1.80. The summed E-state index contributed by atoms with van der Waals surface area (Å²) in [5.74, 6) is 0.779. The molecule has 2 aromatic rings. The van der Waals surface area contributed by atoms with Gasteiger partial charge in [-0.25, -0.2) is 0 Å². The van der Waals surface area contributed by atoms with Crippen molar-refractivity contribution in [3.63, 3.8) is 0 Å². The molecule has 0 radical (unpaired) electrons. The Labute approximate surface area is 189 Å². The number of nitrogens with one attached hydrogen (secondary N) is 2. The maximum atomic E-state index is 12.1. The van der Waals surface area contributed by atoms with Gasteiger partial charge in [0, 0.05) is 44.8 Å². The first-order valence-corrected chi connectivity index (χ1v) is 9.37. The van der Waals surface area contributed by atoms with Crippen LogP contribution in [0.1, 0.15) is 21.5 Å². The molecule has 0 saturated carbocycles. The zero-order valence-electron chi connectivity index (χ0n) is 16.5. The van der Waals surface area contributed by atoms with Crippen molar-refractivity contribution in [1.29, 1.82) is 0 Å². The van der Waals surface area contributed by atoms with E-state index in [-0.39, 0.29) is 29.9 Å². The second kappa shape index (κ2) is 12.6. The van der Waals surface area contributed by atoms with Crippen LogP contribution >= 0.6 is 35.6 Å². The smallest absolute Gasteiger partial charge is 0.253 e. The van der Waals surface area contributed by atoms with E-state index in [9.17, 15) is 4.79 Å². The van der Waals surface area contributed by atoms with Crippen LogP contribution < -0.4 is 10.6 Å². The first-order chi connectivity index (χ1) is 13.0. The van der Waals surface area contributed by atoms with E-state index in [1.807, 2.05) is 42.5 Å². The Morgan fingerprint density at radius 1 is 1.00 bits per heavy atom. The third kappa shape index (κ3) is 8.06. The van der Waals surface area contributed by atoms with Crippen molar-refractivity contribution < 1.29 is 4.79 Å². The fraction of sp³-hybridized carbons (Fsp3) is 0.333. The minimum atomic E-state index is 0. The summed E-state index contributed by atoms with van der Waals surface area (Å²) < 4.78 is 0. The first-order valence-electron chi connectivity index (χ1n) is 8.99. The molecule has 2 rings (SSSR count). The molecule has 0 fully saturated rings. The van der Waals surface area contributed by atoms with Gasteiger partial charge in [0.1, 0.15) is 0 Å². The Bertz CT molecular complexity index is 795. The number of halogens is 2. The highest BCUT2D eigenvalue weighted by Crippen LogP contribution is 2.10. The van der Waals surface area contributed by atoms with Gasteiger partial charge in [-0.3, -0.25) is 9.79 Å². The molecular formula is C21H28ClIN4O. The second-order valence-corrected chi connectivity index (χ2v) is 6.89. The normalized spacial score (nSPS) is 10.8. The van der Waals surface area contributed by atoms with Gasteiger partial charge in [-0.15, -0.1) is 24.0 Å². The Balaban J connectivity index is 0.00000392. The van der Waals surface area contributed by atoms with Crippen LogP contribution in [0.2, 0.25) is 5.02 Å². The van der Waals surface area contributed by atoms with E-state index in [0.29, 0.717) is 5.56 Å². The summed E-state index contributed by atoms with van der Waals surface area (Å²) >= 11 is 6.01. The van der Waals surface area contributed by atoms with Crippen molar-refractivity contribution in [2.24, 2.45) is 4.99 Å². The molecule has 0 saturated heterocycles. The molecule has 1 amide bonds. The monoisotopic (exact) mass is 514 g/mol. The SMILES string of the molecule is CN=C(NCCc1cccc(Cl)c1)NCCc1cccc(C(=O)N(C)C)c1.I. The van der Waals surface area contributed by atoms with Crippen LogP contribution in [-0.2, 0) is 12.8 Å². The topological polar surface area (TPSA) is 56.7 Å². The average molecular weight is 515 g/mol. The van der Waals surface area contributed by atoms with E-state index in [1.165, 1.54) is 5.56 Å². The Morgan fingerprint density at radius 3 is 2.11 bits per heavy atom. The van der Waals surface area contributed by atoms with Gasteiger partial charge in [-0.2, -0.15) is 0 Å². The number of carbonyl (C=O) groups excluding carboxylic acids is 1. The van der Waals surface area contributed by atoms with E-state index in [0.717, 1.165) is 42.5 Å². The van der Waals surface area contributed by atoms with Crippen molar-refractivity contribution in [2.45, 2.75) is 12.8 Å². The van der Waals surface area contributed by atoms with Crippen LogP contribution in [0.15, 0.2) is 53.5 Å². The highest BCUT2D eigenvalue weighted by atomic mass is 127. The third-order valence-electron chi connectivity index (χ3n) is 4.10. The van der Waals surface area contributed by atoms with Crippen molar-refractivity contribution in [2.75, 3.05) is 34.2 Å². The zero-order chi connectivity index (χ0) is 19.6. The molecule has 7 heteroatoms. The Morgan fingerprint density at radius 2 is 1.57 bits per heavy atom. The van der Waals surface area contributed by atoms with Gasteiger partial charge in [0.2, 0.25) is 0 Å². The standard InChI is InChI=1S/C21H27ClN4O.HI/c1-23-21(25-13-11-17-7-5-9-19(22)15-17)24-12-10-16-6-4-8-18(14-16)20(27)26(2)3;/h4-9,14-15H,10-13H2,1-3H3,(H2,23,24,25);1H. The lowest BCUT2D eigenvalue weighted by Crippen LogP contribution is -2.39. The largest absolute Gasteiger partial charge is 0.356 e. The molecule has 0 aliphatic heterocycles. The molecule has 152 valence electrons. The fourth-order valence-electron chi connectivity index (χ4n) is 2.68. The molecule has 0 aliphatic rings. The van der Waals surface area contributed by atoms with E-state index in [2.05, 4.69) is 21.7 Å². The molecule has 0 unspecified atom stereocenters. The molecule has 0 bridgehead atoms. The van der Waals surface area contributed by atoms with Gasteiger partial charge in [0.15, 0.2) is 5.96 Å². The summed E-state index contributed by atoms with van der Waals surface area (Å²) in [6.07, 6.45) is 1.68. The lowest BCUT2D eigenvalue weighted by molar-refractivity contribution is 0.0827. The van der Waals surface area contributed by atoms with Crippen LogP contribution in [0.3, 0.4) is 0 Å². The molecule has 28 heavy (non-hydrogen) atoms. The van der Waals surface area contributed by atoms with E-state index >= 15 is 0 Å². The van der Waals surface area contributed by atoms with Gasteiger partial charge < -0.3 is 15.5 Å². The van der Waals surface area contributed by atoms with Crippen LogP contribution in [0.4, 0.5) is 0 Å². The van der Waals surface area contributed by atoms with Crippen LogP contribution in [0.5, 0.6) is 0 Å². The van der Waals surface area contributed by atoms with Crippen molar-refractivity contribution in [1.82, 2.24) is 15.5 Å². The van der Waals surface area contributed by atoms with Crippen molar-refractivity contribution in [3.8, 4) is 0 Å². The number of benzene rings is 2. The zero-order valence-corrected chi connectivity index (χ0v) is 19.6. The molecule has 0 heterocycles. The van der Waals surface area contributed by atoms with Gasteiger partial charge in [-0.05, 0) is 48.2 Å². The van der Waals surface area contributed by atoms with Crippen molar-refractivity contribution >= 4 is 47.4 Å². The summed E-state index contributed by atoms with van der Waals surface area (Å²) in [6, 6.07) is 15.6.